The Kier molecular flexibility index (Phi) is 3.41. The average Bonchev–Trinajstić information content (AvgIpc) is 2.25. The Hall–Kier alpha value is -0.830. The van der Waals surface area contributed by atoms with Crippen LogP contribution in [0.5, 0.6) is 5.75 Å². The topological polar surface area (TPSA) is 9.23 Å². The van der Waals surface area contributed by atoms with Crippen molar-refractivity contribution in [2.75, 3.05) is 0 Å². The molecule has 0 amide bonds. The molecule has 0 bridgehead atoms. The van der Waals surface area contributed by atoms with Gasteiger partial charge in [-0.3, -0.25) is 0 Å². The summed E-state index contributed by atoms with van der Waals surface area (Å²) < 4.78 is 19.3. The lowest BCUT2D eigenvalue weighted by atomic mass is 10.1. The maximum Gasteiger partial charge on any atom is 0.141 e. The van der Waals surface area contributed by atoms with Gasteiger partial charge in [0.05, 0.1) is 4.47 Å². The lowest BCUT2D eigenvalue weighted by Crippen LogP contribution is -2.15. The van der Waals surface area contributed by atoms with Crippen molar-refractivity contribution in [2.45, 2.75) is 25.4 Å². The minimum atomic E-state index is -0.285. The molecule has 0 aromatic heterocycles. The molecule has 0 radical (unpaired) electrons. The summed E-state index contributed by atoms with van der Waals surface area (Å²) >= 11 is 3.11. The molecule has 1 aliphatic carbocycles. The van der Waals surface area contributed by atoms with Crippen molar-refractivity contribution in [3.63, 3.8) is 0 Å². The molecule has 0 spiro atoms. The number of allylic oxidation sites excluding steroid dienone is 1. The van der Waals surface area contributed by atoms with Crippen molar-refractivity contribution >= 4 is 15.9 Å². The van der Waals surface area contributed by atoms with Gasteiger partial charge in [-0.05, 0) is 53.4 Å². The van der Waals surface area contributed by atoms with E-state index in [0.29, 0.717) is 10.2 Å². The Balaban J connectivity index is 2.07. The van der Waals surface area contributed by atoms with Gasteiger partial charge in [0.15, 0.2) is 0 Å². The molecule has 1 nitrogen and oxygen atoms in total. The van der Waals surface area contributed by atoms with Crippen LogP contribution in [0, 0.1) is 5.82 Å². The van der Waals surface area contributed by atoms with E-state index >= 15 is 0 Å². The molecule has 2 rings (SSSR count). The fourth-order valence-electron chi connectivity index (χ4n) is 1.60. The van der Waals surface area contributed by atoms with Crippen LogP contribution in [0.4, 0.5) is 4.39 Å². The van der Waals surface area contributed by atoms with Crippen LogP contribution in [0.2, 0.25) is 0 Å². The Morgan fingerprint density at radius 3 is 2.93 bits per heavy atom. The summed E-state index contributed by atoms with van der Waals surface area (Å²) in [5.41, 5.74) is 0. The van der Waals surface area contributed by atoms with Crippen LogP contribution in [0.25, 0.3) is 0 Å². The number of hydrogen-bond acceptors (Lipinski definition) is 1. The third kappa shape index (κ3) is 2.81. The number of halogens is 2. The van der Waals surface area contributed by atoms with Crippen molar-refractivity contribution in [2.24, 2.45) is 0 Å². The smallest absolute Gasteiger partial charge is 0.141 e. The fourth-order valence-corrected chi connectivity index (χ4v) is 1.85. The highest BCUT2D eigenvalue weighted by molar-refractivity contribution is 9.10. The predicted octanol–water partition coefficient (Wildman–Crippen LogP) is 4.08. The third-order valence-electron chi connectivity index (χ3n) is 2.39. The number of benzene rings is 1. The van der Waals surface area contributed by atoms with E-state index in [1.54, 1.807) is 12.1 Å². The van der Waals surface area contributed by atoms with Gasteiger partial charge in [0.25, 0.3) is 0 Å². The molecular weight excluding hydrogens is 259 g/mol. The van der Waals surface area contributed by atoms with Gasteiger partial charge in [0.1, 0.15) is 17.7 Å². The quantitative estimate of drug-likeness (QED) is 0.736. The second-order valence-electron chi connectivity index (χ2n) is 3.59. The largest absolute Gasteiger partial charge is 0.486 e. The van der Waals surface area contributed by atoms with E-state index in [0.717, 1.165) is 19.3 Å². The van der Waals surface area contributed by atoms with Gasteiger partial charge in [0, 0.05) is 6.07 Å². The summed E-state index contributed by atoms with van der Waals surface area (Å²) in [7, 11) is 0. The zero-order chi connectivity index (χ0) is 10.7. The number of rotatable bonds is 2. The maximum atomic E-state index is 13.2. The standard InChI is InChI=1S/C12H12BrFO/c13-11-7-6-10(8-12(11)14)15-9-4-2-1-3-5-9/h2,4,6-9H,1,3,5H2. The van der Waals surface area contributed by atoms with Crippen LogP contribution in [0.3, 0.4) is 0 Å². The van der Waals surface area contributed by atoms with Crippen molar-refractivity contribution in [1.82, 2.24) is 0 Å². The molecule has 0 saturated carbocycles. The van der Waals surface area contributed by atoms with E-state index in [9.17, 15) is 4.39 Å². The Labute approximate surface area is 97.1 Å². The summed E-state index contributed by atoms with van der Waals surface area (Å²) in [5.74, 6) is 0.305. The minimum Gasteiger partial charge on any atom is -0.486 e. The lowest BCUT2D eigenvalue weighted by Gasteiger charge is -2.18. The second-order valence-corrected chi connectivity index (χ2v) is 4.45. The predicted molar refractivity (Wildman–Crippen MR) is 61.5 cm³/mol. The average molecular weight is 271 g/mol. The van der Waals surface area contributed by atoms with Crippen molar-refractivity contribution in [3.8, 4) is 5.75 Å². The van der Waals surface area contributed by atoms with Gasteiger partial charge in [-0.1, -0.05) is 6.08 Å². The van der Waals surface area contributed by atoms with E-state index in [1.807, 2.05) is 6.08 Å². The molecule has 80 valence electrons. The zero-order valence-electron chi connectivity index (χ0n) is 8.25. The van der Waals surface area contributed by atoms with E-state index < -0.39 is 0 Å². The lowest BCUT2D eigenvalue weighted by molar-refractivity contribution is 0.229. The Morgan fingerprint density at radius 2 is 2.27 bits per heavy atom. The molecule has 0 fully saturated rings. The van der Waals surface area contributed by atoms with E-state index in [-0.39, 0.29) is 11.9 Å². The first-order valence-corrected chi connectivity index (χ1v) is 5.83. The van der Waals surface area contributed by atoms with Crippen molar-refractivity contribution < 1.29 is 9.13 Å². The van der Waals surface area contributed by atoms with Gasteiger partial charge >= 0.3 is 0 Å². The normalized spacial score (nSPS) is 20.3. The van der Waals surface area contributed by atoms with Gasteiger partial charge in [-0.25, -0.2) is 4.39 Å². The van der Waals surface area contributed by atoms with Crippen molar-refractivity contribution in [3.05, 3.63) is 40.6 Å². The Morgan fingerprint density at radius 1 is 1.40 bits per heavy atom. The molecule has 0 heterocycles. The molecule has 1 unspecified atom stereocenters. The van der Waals surface area contributed by atoms with E-state index in [2.05, 4.69) is 22.0 Å². The molecule has 15 heavy (non-hydrogen) atoms. The second kappa shape index (κ2) is 4.79. The fraction of sp³-hybridized carbons (Fsp3) is 0.333. The van der Waals surface area contributed by atoms with Gasteiger partial charge in [0.2, 0.25) is 0 Å². The highest BCUT2D eigenvalue weighted by Gasteiger charge is 2.10. The summed E-state index contributed by atoms with van der Waals surface area (Å²) in [5, 5.41) is 0. The van der Waals surface area contributed by atoms with Crippen LogP contribution in [-0.4, -0.2) is 6.10 Å². The monoisotopic (exact) mass is 270 g/mol. The number of ether oxygens (including phenoxy) is 1. The van der Waals surface area contributed by atoms with Gasteiger partial charge in [-0.2, -0.15) is 0 Å². The van der Waals surface area contributed by atoms with Crippen molar-refractivity contribution in [1.29, 1.82) is 0 Å². The molecule has 0 aliphatic heterocycles. The summed E-state index contributed by atoms with van der Waals surface area (Å²) in [6.45, 7) is 0. The first-order valence-electron chi connectivity index (χ1n) is 5.04. The molecule has 3 heteroatoms. The first kappa shape index (κ1) is 10.7. The highest BCUT2D eigenvalue weighted by Crippen LogP contribution is 2.23. The van der Waals surface area contributed by atoms with Crippen LogP contribution < -0.4 is 4.74 Å². The van der Waals surface area contributed by atoms with E-state index in [1.165, 1.54) is 6.07 Å². The Bertz CT molecular complexity index is 376. The van der Waals surface area contributed by atoms with Crippen LogP contribution in [0.15, 0.2) is 34.8 Å². The summed E-state index contributed by atoms with van der Waals surface area (Å²) in [4.78, 5) is 0. The summed E-state index contributed by atoms with van der Waals surface area (Å²) in [6.07, 6.45) is 7.52. The van der Waals surface area contributed by atoms with Gasteiger partial charge < -0.3 is 4.74 Å². The molecule has 1 aromatic carbocycles. The first-order chi connectivity index (χ1) is 7.25. The third-order valence-corrected chi connectivity index (χ3v) is 3.03. The van der Waals surface area contributed by atoms with Crippen LogP contribution in [0.1, 0.15) is 19.3 Å². The molecular formula is C12H12BrFO. The zero-order valence-corrected chi connectivity index (χ0v) is 9.84. The molecule has 1 atom stereocenters. The SMILES string of the molecule is Fc1cc(OC2C=CCCC2)ccc1Br. The van der Waals surface area contributed by atoms with Gasteiger partial charge in [-0.15, -0.1) is 0 Å². The molecule has 1 aromatic rings. The summed E-state index contributed by atoms with van der Waals surface area (Å²) in [6, 6.07) is 4.85. The minimum absolute atomic E-state index is 0.0966. The highest BCUT2D eigenvalue weighted by atomic mass is 79.9. The maximum absolute atomic E-state index is 13.2. The van der Waals surface area contributed by atoms with E-state index in [4.69, 9.17) is 4.74 Å². The molecule has 0 N–H and O–H groups in total. The molecule has 0 saturated heterocycles. The molecule has 1 aliphatic rings. The van der Waals surface area contributed by atoms with Crippen LogP contribution in [-0.2, 0) is 0 Å². The number of hydrogen-bond donors (Lipinski definition) is 0. The van der Waals surface area contributed by atoms with Crippen LogP contribution >= 0.6 is 15.9 Å².